The zero-order chi connectivity index (χ0) is 15.6. The van der Waals surface area contributed by atoms with Crippen LogP contribution in [-0.2, 0) is 16.7 Å². The monoisotopic (exact) mass is 317 g/mol. The van der Waals surface area contributed by atoms with Gasteiger partial charge in [-0.2, -0.15) is 8.42 Å². The minimum atomic E-state index is -3.99. The van der Waals surface area contributed by atoms with Gasteiger partial charge >= 0.3 is 0 Å². The molecule has 0 amide bonds. The standard InChI is InChI=1S/C14H12N4O3S/c19-22(20,21)8-7-18-6-5-12(10-15-18)14-9-11-3-1-2-4-13(11)16-17-14/h1-6,9-10H,7-8H2/p+1. The maximum Gasteiger partial charge on any atom is 0.271 e. The first-order valence-corrected chi connectivity index (χ1v) is 8.16. The molecule has 3 rings (SSSR count). The van der Waals surface area contributed by atoms with Gasteiger partial charge in [0.2, 0.25) is 0 Å². The molecule has 0 saturated carbocycles. The molecule has 1 N–H and O–H groups in total. The maximum atomic E-state index is 10.7. The molecule has 0 fully saturated rings. The number of aromatic nitrogens is 4. The van der Waals surface area contributed by atoms with Crippen molar-refractivity contribution in [1.29, 1.82) is 0 Å². The van der Waals surface area contributed by atoms with Crippen molar-refractivity contribution in [3.63, 3.8) is 0 Å². The van der Waals surface area contributed by atoms with Crippen molar-refractivity contribution in [3.8, 4) is 11.3 Å². The molecule has 0 aliphatic rings. The van der Waals surface area contributed by atoms with Crippen LogP contribution in [0.25, 0.3) is 22.2 Å². The predicted molar refractivity (Wildman–Crippen MR) is 79.4 cm³/mol. The fraction of sp³-hybridized carbons (Fsp3) is 0.143. The molecule has 22 heavy (non-hydrogen) atoms. The highest BCUT2D eigenvalue weighted by Gasteiger charge is 2.12. The third kappa shape index (κ3) is 3.41. The van der Waals surface area contributed by atoms with Gasteiger partial charge in [-0.15, -0.1) is 10.2 Å². The van der Waals surface area contributed by atoms with Gasteiger partial charge in [-0.25, -0.2) is 0 Å². The van der Waals surface area contributed by atoms with Gasteiger partial charge in [0.05, 0.1) is 11.2 Å². The van der Waals surface area contributed by atoms with E-state index in [0.29, 0.717) is 5.69 Å². The zero-order valence-electron chi connectivity index (χ0n) is 11.5. The van der Waals surface area contributed by atoms with Crippen molar-refractivity contribution in [2.45, 2.75) is 6.54 Å². The van der Waals surface area contributed by atoms with Crippen LogP contribution in [0.1, 0.15) is 0 Å². The van der Waals surface area contributed by atoms with Crippen molar-refractivity contribution in [2.75, 3.05) is 5.75 Å². The predicted octanol–water partition coefficient (Wildman–Crippen LogP) is 0.867. The van der Waals surface area contributed by atoms with Gasteiger partial charge in [0.1, 0.15) is 11.9 Å². The average molecular weight is 317 g/mol. The SMILES string of the molecule is O=S(=O)(O)CC[n+]1ccc(-c2cc3ccccc3nn2)cn1. The summed E-state index contributed by atoms with van der Waals surface area (Å²) in [5, 5.41) is 13.4. The second-order valence-electron chi connectivity index (χ2n) is 4.75. The van der Waals surface area contributed by atoms with Gasteiger partial charge in [-0.05, 0) is 17.2 Å². The van der Waals surface area contributed by atoms with Crippen LogP contribution in [0.2, 0.25) is 0 Å². The van der Waals surface area contributed by atoms with Gasteiger partial charge in [-0.3, -0.25) is 4.55 Å². The summed E-state index contributed by atoms with van der Waals surface area (Å²) in [7, 11) is -3.99. The summed E-state index contributed by atoms with van der Waals surface area (Å²) in [5.74, 6) is -0.375. The van der Waals surface area contributed by atoms with Gasteiger partial charge in [0, 0.05) is 17.0 Å². The molecular formula is C14H13N4O3S+. The molecule has 112 valence electrons. The number of hydrogen-bond donors (Lipinski definition) is 1. The molecule has 8 heteroatoms. The summed E-state index contributed by atoms with van der Waals surface area (Å²) in [6, 6.07) is 11.4. The van der Waals surface area contributed by atoms with Crippen LogP contribution in [0.15, 0.2) is 48.8 Å². The average Bonchev–Trinajstić information content (AvgIpc) is 2.52. The molecular weight excluding hydrogens is 304 g/mol. The van der Waals surface area contributed by atoms with E-state index in [-0.39, 0.29) is 12.3 Å². The third-order valence-electron chi connectivity index (χ3n) is 3.14. The van der Waals surface area contributed by atoms with Crippen molar-refractivity contribution < 1.29 is 17.7 Å². The Labute approximate surface area is 127 Å². The van der Waals surface area contributed by atoms with E-state index in [0.717, 1.165) is 16.5 Å². The van der Waals surface area contributed by atoms with Crippen molar-refractivity contribution in [2.24, 2.45) is 0 Å². The smallest absolute Gasteiger partial charge is 0.271 e. The van der Waals surface area contributed by atoms with E-state index >= 15 is 0 Å². The Bertz CT molecular complexity index is 911. The molecule has 0 radical (unpaired) electrons. The molecule has 0 aliphatic carbocycles. The lowest BCUT2D eigenvalue weighted by Gasteiger charge is -2.00. The summed E-state index contributed by atoms with van der Waals surface area (Å²) < 4.78 is 31.6. The molecule has 2 aromatic heterocycles. The summed E-state index contributed by atoms with van der Waals surface area (Å²) in [6.07, 6.45) is 3.22. The minimum Gasteiger partial charge on any atom is -0.285 e. The van der Waals surface area contributed by atoms with Crippen LogP contribution < -0.4 is 4.68 Å². The Kier molecular flexibility index (Phi) is 3.78. The largest absolute Gasteiger partial charge is 0.285 e. The van der Waals surface area contributed by atoms with Crippen LogP contribution in [0.4, 0.5) is 0 Å². The maximum absolute atomic E-state index is 10.7. The number of aryl methyl sites for hydroxylation is 1. The molecule has 0 aliphatic heterocycles. The fourth-order valence-corrected chi connectivity index (χ4v) is 2.42. The lowest BCUT2D eigenvalue weighted by Crippen LogP contribution is -2.40. The number of benzene rings is 1. The lowest BCUT2D eigenvalue weighted by atomic mass is 10.1. The van der Waals surface area contributed by atoms with Crippen LogP contribution in [-0.4, -0.2) is 34.0 Å². The number of nitrogens with zero attached hydrogens (tertiary/aromatic N) is 4. The molecule has 0 spiro atoms. The summed E-state index contributed by atoms with van der Waals surface area (Å²) in [6.45, 7) is 0.0858. The van der Waals surface area contributed by atoms with Crippen molar-refractivity contribution >= 4 is 21.0 Å². The Balaban J connectivity index is 1.84. The van der Waals surface area contributed by atoms with Crippen LogP contribution in [0, 0.1) is 0 Å². The highest BCUT2D eigenvalue weighted by atomic mass is 32.2. The molecule has 3 aromatic rings. The van der Waals surface area contributed by atoms with E-state index in [1.807, 2.05) is 30.3 Å². The van der Waals surface area contributed by atoms with E-state index in [1.165, 1.54) is 4.68 Å². The summed E-state index contributed by atoms with van der Waals surface area (Å²) in [5.41, 5.74) is 2.29. The number of rotatable bonds is 4. The number of hydrogen-bond acceptors (Lipinski definition) is 5. The highest BCUT2D eigenvalue weighted by molar-refractivity contribution is 7.85. The zero-order valence-corrected chi connectivity index (χ0v) is 12.3. The van der Waals surface area contributed by atoms with E-state index < -0.39 is 10.1 Å². The quantitative estimate of drug-likeness (QED) is 0.566. The fourth-order valence-electron chi connectivity index (χ4n) is 2.00. The third-order valence-corrected chi connectivity index (χ3v) is 3.84. The van der Waals surface area contributed by atoms with Gasteiger partial charge in [0.15, 0.2) is 12.7 Å². The summed E-state index contributed by atoms with van der Waals surface area (Å²) >= 11 is 0. The van der Waals surface area contributed by atoms with Gasteiger partial charge in [0.25, 0.3) is 10.1 Å². The number of fused-ring (bicyclic) bond motifs is 1. The molecule has 0 unspecified atom stereocenters. The second-order valence-corrected chi connectivity index (χ2v) is 6.33. The lowest BCUT2D eigenvalue weighted by molar-refractivity contribution is -0.750. The van der Waals surface area contributed by atoms with Crippen molar-refractivity contribution in [1.82, 2.24) is 15.3 Å². The van der Waals surface area contributed by atoms with Crippen molar-refractivity contribution in [3.05, 3.63) is 48.8 Å². The second kappa shape index (κ2) is 5.74. The molecule has 1 aromatic carbocycles. The Hall–Kier alpha value is -2.45. The van der Waals surface area contributed by atoms with E-state index in [1.54, 1.807) is 18.5 Å². The van der Waals surface area contributed by atoms with Crippen LogP contribution >= 0.6 is 0 Å². The van der Waals surface area contributed by atoms with E-state index in [4.69, 9.17) is 4.55 Å². The molecule has 0 atom stereocenters. The van der Waals surface area contributed by atoms with Gasteiger partial charge < -0.3 is 0 Å². The summed E-state index contributed by atoms with van der Waals surface area (Å²) in [4.78, 5) is 0. The Morgan fingerprint density at radius 2 is 1.95 bits per heavy atom. The highest BCUT2D eigenvalue weighted by Crippen LogP contribution is 2.18. The topological polar surface area (TPSA) is 96.9 Å². The first-order chi connectivity index (χ1) is 10.5. The minimum absolute atomic E-state index is 0.0858. The van der Waals surface area contributed by atoms with Crippen LogP contribution in [0.3, 0.4) is 0 Å². The molecule has 7 nitrogen and oxygen atoms in total. The van der Waals surface area contributed by atoms with Gasteiger partial charge in [-0.1, -0.05) is 22.9 Å². The Morgan fingerprint density at radius 3 is 2.68 bits per heavy atom. The molecule has 2 heterocycles. The van der Waals surface area contributed by atoms with Crippen LogP contribution in [0.5, 0.6) is 0 Å². The van der Waals surface area contributed by atoms with E-state index in [2.05, 4.69) is 15.3 Å². The normalized spacial score (nSPS) is 11.7. The first-order valence-electron chi connectivity index (χ1n) is 6.55. The van der Waals surface area contributed by atoms with E-state index in [9.17, 15) is 8.42 Å². The molecule has 0 saturated heterocycles. The molecule has 0 bridgehead atoms. The first kappa shape index (κ1) is 14.5. The Morgan fingerprint density at radius 1 is 1.14 bits per heavy atom.